The van der Waals surface area contributed by atoms with Crippen LogP contribution in [0.25, 0.3) is 17.2 Å². The molecule has 0 radical (unpaired) electrons. The molecule has 1 aliphatic rings. The third-order valence-electron chi connectivity index (χ3n) is 4.24. The molecule has 3 rings (SSSR count). The van der Waals surface area contributed by atoms with Gasteiger partial charge in [-0.3, -0.25) is 0 Å². The maximum atomic E-state index is 12.2. The van der Waals surface area contributed by atoms with Crippen molar-refractivity contribution in [2.24, 2.45) is 0 Å². The van der Waals surface area contributed by atoms with Gasteiger partial charge in [0.05, 0.1) is 0 Å². The van der Waals surface area contributed by atoms with Gasteiger partial charge < -0.3 is 19.5 Å². The Kier molecular flexibility index (Phi) is 4.84. The van der Waals surface area contributed by atoms with E-state index in [1.807, 2.05) is 32.3 Å². The zero-order valence-corrected chi connectivity index (χ0v) is 15.8. The van der Waals surface area contributed by atoms with Crippen LogP contribution < -0.4 is 5.32 Å². The summed E-state index contributed by atoms with van der Waals surface area (Å²) in [5.74, 6) is 1.45. The molecule has 8 nitrogen and oxygen atoms in total. The standard InChI is InChI=1S/C18H26N6O2/c1-6-13-22-14-15(19-11-20-16(14)24(13)7-2)21-12-8-9-23(10-12)17(25)26-18(3,4)5/h6,11-12H,1,7-10H2,2-5H3,(H,19,20,21)/t12-/m0/s1. The highest BCUT2D eigenvalue weighted by atomic mass is 16.6. The van der Waals surface area contributed by atoms with Crippen molar-refractivity contribution in [3.8, 4) is 0 Å². The molecular formula is C18H26N6O2. The Labute approximate surface area is 153 Å². The van der Waals surface area contributed by atoms with Crippen LogP contribution in [0.3, 0.4) is 0 Å². The van der Waals surface area contributed by atoms with Gasteiger partial charge in [-0.25, -0.2) is 19.7 Å². The summed E-state index contributed by atoms with van der Waals surface area (Å²) < 4.78 is 7.44. The number of nitrogens with one attached hydrogen (secondary N) is 1. The molecule has 0 aromatic carbocycles. The van der Waals surface area contributed by atoms with E-state index in [-0.39, 0.29) is 12.1 Å². The van der Waals surface area contributed by atoms with Crippen molar-refractivity contribution in [2.45, 2.75) is 52.3 Å². The minimum Gasteiger partial charge on any atom is -0.444 e. The van der Waals surface area contributed by atoms with E-state index in [1.165, 1.54) is 6.33 Å². The predicted molar refractivity (Wildman–Crippen MR) is 101 cm³/mol. The van der Waals surface area contributed by atoms with Crippen molar-refractivity contribution >= 4 is 29.2 Å². The number of amides is 1. The molecule has 26 heavy (non-hydrogen) atoms. The van der Waals surface area contributed by atoms with Crippen molar-refractivity contribution in [1.29, 1.82) is 0 Å². The topological polar surface area (TPSA) is 85.2 Å². The Morgan fingerprint density at radius 2 is 2.23 bits per heavy atom. The van der Waals surface area contributed by atoms with E-state index >= 15 is 0 Å². The van der Waals surface area contributed by atoms with E-state index in [1.54, 1.807) is 11.0 Å². The number of ether oxygens (including phenoxy) is 1. The fourth-order valence-electron chi connectivity index (χ4n) is 3.09. The maximum absolute atomic E-state index is 12.2. The minimum absolute atomic E-state index is 0.0968. The van der Waals surface area contributed by atoms with Gasteiger partial charge in [-0.05, 0) is 40.2 Å². The van der Waals surface area contributed by atoms with Crippen LogP contribution >= 0.6 is 0 Å². The number of aromatic nitrogens is 4. The number of hydrogen-bond acceptors (Lipinski definition) is 6. The van der Waals surface area contributed by atoms with E-state index in [2.05, 4.69) is 26.8 Å². The SMILES string of the molecule is C=Cc1nc2c(N[C@H]3CCN(C(=O)OC(C)(C)C)C3)ncnc2n1CC. The van der Waals surface area contributed by atoms with Gasteiger partial charge in [0.2, 0.25) is 0 Å². The van der Waals surface area contributed by atoms with Gasteiger partial charge >= 0.3 is 6.09 Å². The van der Waals surface area contributed by atoms with Gasteiger partial charge in [-0.1, -0.05) is 6.58 Å². The van der Waals surface area contributed by atoms with Crippen LogP contribution in [0.5, 0.6) is 0 Å². The van der Waals surface area contributed by atoms with Crippen molar-refractivity contribution in [1.82, 2.24) is 24.4 Å². The molecule has 0 unspecified atom stereocenters. The summed E-state index contributed by atoms with van der Waals surface area (Å²) >= 11 is 0. The highest BCUT2D eigenvalue weighted by Crippen LogP contribution is 2.24. The van der Waals surface area contributed by atoms with Crippen LogP contribution in [-0.4, -0.2) is 55.2 Å². The first kappa shape index (κ1) is 18.2. The number of nitrogens with zero attached hydrogens (tertiary/aromatic N) is 5. The number of hydrogen-bond donors (Lipinski definition) is 1. The van der Waals surface area contributed by atoms with E-state index < -0.39 is 5.60 Å². The summed E-state index contributed by atoms with van der Waals surface area (Å²) in [5.41, 5.74) is 1.01. The molecule has 140 valence electrons. The van der Waals surface area contributed by atoms with Crippen molar-refractivity contribution in [3.63, 3.8) is 0 Å². The summed E-state index contributed by atoms with van der Waals surface area (Å²) in [4.78, 5) is 27.3. The van der Waals surface area contributed by atoms with Gasteiger partial charge in [-0.2, -0.15) is 0 Å². The van der Waals surface area contributed by atoms with Gasteiger partial charge in [0.1, 0.15) is 17.8 Å². The molecule has 8 heteroatoms. The van der Waals surface area contributed by atoms with Gasteiger partial charge in [0.15, 0.2) is 17.0 Å². The number of fused-ring (bicyclic) bond motifs is 1. The first-order valence-electron chi connectivity index (χ1n) is 8.90. The summed E-state index contributed by atoms with van der Waals surface area (Å²) in [7, 11) is 0. The van der Waals surface area contributed by atoms with Crippen LogP contribution in [0.1, 0.15) is 39.9 Å². The molecule has 1 saturated heterocycles. The lowest BCUT2D eigenvalue weighted by molar-refractivity contribution is 0.0293. The Morgan fingerprint density at radius 3 is 2.88 bits per heavy atom. The molecule has 0 saturated carbocycles. The summed E-state index contributed by atoms with van der Waals surface area (Å²) in [5, 5.41) is 3.41. The third-order valence-corrected chi connectivity index (χ3v) is 4.24. The number of imidazole rings is 1. The van der Waals surface area contributed by atoms with Crippen LogP contribution in [0, 0.1) is 0 Å². The normalized spacial score (nSPS) is 17.5. The van der Waals surface area contributed by atoms with Crippen LogP contribution in [0.4, 0.5) is 10.6 Å². The number of aryl methyl sites for hydroxylation is 1. The van der Waals surface area contributed by atoms with Gasteiger partial charge in [0, 0.05) is 25.7 Å². The average Bonchev–Trinajstić information content (AvgIpc) is 3.17. The monoisotopic (exact) mass is 358 g/mol. The molecule has 1 atom stereocenters. The predicted octanol–water partition coefficient (Wildman–Crippen LogP) is 2.91. The molecule has 1 fully saturated rings. The molecule has 1 amide bonds. The molecule has 1 aliphatic heterocycles. The highest BCUT2D eigenvalue weighted by Gasteiger charge is 2.30. The maximum Gasteiger partial charge on any atom is 0.410 e. The van der Waals surface area contributed by atoms with Crippen LogP contribution in [-0.2, 0) is 11.3 Å². The number of anilines is 1. The fraction of sp³-hybridized carbons (Fsp3) is 0.556. The summed E-state index contributed by atoms with van der Waals surface area (Å²) in [6, 6.07) is 0.0968. The average molecular weight is 358 g/mol. The van der Waals surface area contributed by atoms with Gasteiger partial charge in [0.25, 0.3) is 0 Å². The van der Waals surface area contributed by atoms with Crippen molar-refractivity contribution < 1.29 is 9.53 Å². The number of rotatable bonds is 4. The first-order valence-corrected chi connectivity index (χ1v) is 8.90. The lowest BCUT2D eigenvalue weighted by Crippen LogP contribution is -2.36. The fourth-order valence-corrected chi connectivity index (χ4v) is 3.09. The molecule has 1 N–H and O–H groups in total. The quantitative estimate of drug-likeness (QED) is 0.904. The number of carbonyl (C=O) groups excluding carboxylic acids is 1. The second-order valence-electron chi connectivity index (χ2n) is 7.37. The Bertz CT molecular complexity index is 823. The van der Waals surface area contributed by atoms with Gasteiger partial charge in [-0.15, -0.1) is 0 Å². The van der Waals surface area contributed by atoms with E-state index in [4.69, 9.17) is 4.74 Å². The molecule has 0 bridgehead atoms. The third kappa shape index (κ3) is 3.63. The highest BCUT2D eigenvalue weighted by molar-refractivity contribution is 5.84. The second-order valence-corrected chi connectivity index (χ2v) is 7.37. The Hall–Kier alpha value is -2.64. The van der Waals surface area contributed by atoms with Crippen molar-refractivity contribution in [3.05, 3.63) is 18.7 Å². The van der Waals surface area contributed by atoms with E-state index in [9.17, 15) is 4.79 Å². The lowest BCUT2D eigenvalue weighted by atomic mass is 10.2. The second kappa shape index (κ2) is 6.93. The minimum atomic E-state index is -0.491. The van der Waals surface area contributed by atoms with Crippen molar-refractivity contribution in [2.75, 3.05) is 18.4 Å². The summed E-state index contributed by atoms with van der Waals surface area (Å²) in [6.07, 6.45) is 3.80. The zero-order valence-electron chi connectivity index (χ0n) is 15.8. The van der Waals surface area contributed by atoms with Crippen LogP contribution in [0.2, 0.25) is 0 Å². The van der Waals surface area contributed by atoms with E-state index in [0.29, 0.717) is 18.9 Å². The summed E-state index contributed by atoms with van der Waals surface area (Å²) in [6.45, 7) is 13.5. The van der Waals surface area contributed by atoms with E-state index in [0.717, 1.165) is 30.0 Å². The number of carbonyl (C=O) groups is 1. The molecule has 0 aliphatic carbocycles. The molecule has 2 aromatic heterocycles. The lowest BCUT2D eigenvalue weighted by Gasteiger charge is -2.24. The molecular weight excluding hydrogens is 332 g/mol. The Balaban J connectivity index is 1.75. The Morgan fingerprint density at radius 1 is 1.46 bits per heavy atom. The van der Waals surface area contributed by atoms with Crippen LogP contribution in [0.15, 0.2) is 12.9 Å². The number of likely N-dealkylation sites (tertiary alicyclic amines) is 1. The molecule has 2 aromatic rings. The molecule has 3 heterocycles. The molecule has 0 spiro atoms. The first-order chi connectivity index (χ1) is 12.3. The largest absolute Gasteiger partial charge is 0.444 e. The smallest absolute Gasteiger partial charge is 0.410 e. The zero-order chi connectivity index (χ0) is 18.9.